The molecule has 1 aromatic heterocycles. The third-order valence-electron chi connectivity index (χ3n) is 2.80. The molecule has 21 heavy (non-hydrogen) atoms. The molecular formula is C14H12Cl2O5. The summed E-state index contributed by atoms with van der Waals surface area (Å²) in [5, 5.41) is 0.895. The second-order valence-corrected chi connectivity index (χ2v) is 4.99. The molecule has 0 unspecified atom stereocenters. The highest BCUT2D eigenvalue weighted by Gasteiger charge is 2.14. The molecule has 1 heterocycles. The zero-order valence-corrected chi connectivity index (χ0v) is 12.9. The van der Waals surface area contributed by atoms with Gasteiger partial charge in [-0.2, -0.15) is 0 Å². The van der Waals surface area contributed by atoms with Crippen LogP contribution >= 0.6 is 23.2 Å². The molecule has 0 aliphatic carbocycles. The van der Waals surface area contributed by atoms with Gasteiger partial charge in [0.05, 0.1) is 11.6 Å². The zero-order chi connectivity index (χ0) is 15.6. The third-order valence-corrected chi connectivity index (χ3v) is 3.53. The summed E-state index contributed by atoms with van der Waals surface area (Å²) in [4.78, 5) is 22.8. The third kappa shape index (κ3) is 3.31. The summed E-state index contributed by atoms with van der Waals surface area (Å²) >= 11 is 11.9. The topological polar surface area (TPSA) is 65.7 Å². The molecule has 0 amide bonds. The fourth-order valence-corrected chi connectivity index (χ4v) is 2.14. The lowest BCUT2D eigenvalue weighted by Crippen LogP contribution is -2.14. The Hall–Kier alpha value is -1.72. The van der Waals surface area contributed by atoms with Crippen molar-refractivity contribution >= 4 is 40.1 Å². The highest BCUT2D eigenvalue weighted by Crippen LogP contribution is 2.32. The fraction of sp³-hybridized carbons (Fsp3) is 0.286. The Labute approximate surface area is 130 Å². The van der Waals surface area contributed by atoms with Gasteiger partial charge >= 0.3 is 11.6 Å². The van der Waals surface area contributed by atoms with Crippen molar-refractivity contribution in [1.82, 2.24) is 0 Å². The first kappa shape index (κ1) is 15.7. The number of fused-ring (bicyclic) bond motifs is 1. The van der Waals surface area contributed by atoms with E-state index in [1.165, 1.54) is 6.07 Å². The SMILES string of the molecule is CCOC(=O)COc1cc2oc(=O)c(Cl)c(C)c2cc1Cl. The van der Waals surface area contributed by atoms with Gasteiger partial charge in [-0.15, -0.1) is 0 Å². The predicted molar refractivity (Wildman–Crippen MR) is 79.4 cm³/mol. The molecule has 0 saturated heterocycles. The van der Waals surface area contributed by atoms with Crippen LogP contribution in [0.25, 0.3) is 11.0 Å². The van der Waals surface area contributed by atoms with Gasteiger partial charge in [0.25, 0.3) is 0 Å². The Balaban J connectivity index is 2.39. The molecule has 0 aliphatic rings. The molecule has 0 N–H and O–H groups in total. The molecular weight excluding hydrogens is 319 g/mol. The van der Waals surface area contributed by atoms with Crippen LogP contribution in [0, 0.1) is 6.92 Å². The van der Waals surface area contributed by atoms with Crippen LogP contribution in [0.2, 0.25) is 10.0 Å². The van der Waals surface area contributed by atoms with Crippen LogP contribution in [0.15, 0.2) is 21.3 Å². The number of carbonyl (C=O) groups excluding carboxylic acids is 1. The molecule has 112 valence electrons. The lowest BCUT2D eigenvalue weighted by molar-refractivity contribution is -0.145. The van der Waals surface area contributed by atoms with E-state index >= 15 is 0 Å². The lowest BCUT2D eigenvalue weighted by atomic mass is 10.1. The Morgan fingerprint density at radius 2 is 2.05 bits per heavy atom. The molecule has 2 rings (SSSR count). The summed E-state index contributed by atoms with van der Waals surface area (Å²) in [6, 6.07) is 3.02. The minimum atomic E-state index is -0.639. The van der Waals surface area contributed by atoms with E-state index in [4.69, 9.17) is 37.1 Å². The average Bonchev–Trinajstić information content (AvgIpc) is 2.44. The molecule has 0 saturated carbocycles. The summed E-state index contributed by atoms with van der Waals surface area (Å²) < 4.78 is 15.1. The molecule has 7 heteroatoms. The van der Waals surface area contributed by atoms with Crippen LogP contribution < -0.4 is 10.4 Å². The smallest absolute Gasteiger partial charge is 0.355 e. The Kier molecular flexibility index (Phi) is 4.75. The van der Waals surface area contributed by atoms with Gasteiger partial charge in [-0.05, 0) is 25.5 Å². The maximum Gasteiger partial charge on any atom is 0.355 e. The molecule has 0 radical (unpaired) electrons. The van der Waals surface area contributed by atoms with E-state index in [1.54, 1.807) is 19.9 Å². The van der Waals surface area contributed by atoms with E-state index in [-0.39, 0.29) is 34.6 Å². The first-order chi connectivity index (χ1) is 9.93. The van der Waals surface area contributed by atoms with Crippen molar-refractivity contribution in [1.29, 1.82) is 0 Å². The van der Waals surface area contributed by atoms with Crippen molar-refractivity contribution in [3.05, 3.63) is 38.2 Å². The van der Waals surface area contributed by atoms with Crippen molar-refractivity contribution in [2.24, 2.45) is 0 Å². The Morgan fingerprint density at radius 3 is 2.71 bits per heavy atom. The Morgan fingerprint density at radius 1 is 1.33 bits per heavy atom. The highest BCUT2D eigenvalue weighted by molar-refractivity contribution is 6.33. The van der Waals surface area contributed by atoms with Crippen LogP contribution in [0.5, 0.6) is 5.75 Å². The summed E-state index contributed by atoms with van der Waals surface area (Å²) in [5.74, 6) is -0.288. The van der Waals surface area contributed by atoms with Crippen LogP contribution in [0.1, 0.15) is 12.5 Å². The number of carbonyl (C=O) groups is 1. The quantitative estimate of drug-likeness (QED) is 0.635. The van der Waals surface area contributed by atoms with Gasteiger partial charge in [0.1, 0.15) is 16.4 Å². The molecule has 0 bridgehead atoms. The lowest BCUT2D eigenvalue weighted by Gasteiger charge is -2.09. The second-order valence-electron chi connectivity index (χ2n) is 4.20. The van der Waals surface area contributed by atoms with E-state index in [0.717, 1.165) is 0 Å². The summed E-state index contributed by atoms with van der Waals surface area (Å²) in [6.07, 6.45) is 0. The van der Waals surface area contributed by atoms with Gasteiger partial charge < -0.3 is 13.9 Å². The zero-order valence-electron chi connectivity index (χ0n) is 11.4. The number of aryl methyl sites for hydroxylation is 1. The number of ether oxygens (including phenoxy) is 2. The van der Waals surface area contributed by atoms with Crippen LogP contribution in [0.4, 0.5) is 0 Å². The van der Waals surface area contributed by atoms with Crippen molar-refractivity contribution < 1.29 is 18.7 Å². The van der Waals surface area contributed by atoms with Crippen molar-refractivity contribution in [3.63, 3.8) is 0 Å². The van der Waals surface area contributed by atoms with Crippen LogP contribution in [-0.4, -0.2) is 19.2 Å². The van der Waals surface area contributed by atoms with E-state index in [0.29, 0.717) is 10.9 Å². The Bertz CT molecular complexity index is 751. The highest BCUT2D eigenvalue weighted by atomic mass is 35.5. The van der Waals surface area contributed by atoms with Crippen molar-refractivity contribution in [2.45, 2.75) is 13.8 Å². The average molecular weight is 331 g/mol. The summed E-state index contributed by atoms with van der Waals surface area (Å²) in [6.45, 7) is 3.37. The number of halogens is 2. The summed E-state index contributed by atoms with van der Waals surface area (Å²) in [5.41, 5.74) is 0.215. The van der Waals surface area contributed by atoms with Gasteiger partial charge in [0.15, 0.2) is 6.61 Å². The number of rotatable bonds is 4. The normalized spacial score (nSPS) is 10.7. The second kappa shape index (κ2) is 6.37. The van der Waals surface area contributed by atoms with Gasteiger partial charge in [-0.1, -0.05) is 23.2 Å². The maximum absolute atomic E-state index is 11.6. The minimum Gasteiger partial charge on any atom is -0.480 e. The largest absolute Gasteiger partial charge is 0.480 e. The van der Waals surface area contributed by atoms with Gasteiger partial charge in [0, 0.05) is 11.5 Å². The fourth-order valence-electron chi connectivity index (χ4n) is 1.78. The van der Waals surface area contributed by atoms with Crippen LogP contribution in [-0.2, 0) is 9.53 Å². The monoisotopic (exact) mass is 330 g/mol. The van der Waals surface area contributed by atoms with E-state index in [1.807, 2.05) is 0 Å². The molecule has 0 fully saturated rings. The van der Waals surface area contributed by atoms with Gasteiger partial charge in [-0.3, -0.25) is 0 Å². The molecule has 0 aliphatic heterocycles. The number of esters is 1. The number of benzene rings is 1. The number of hydrogen-bond donors (Lipinski definition) is 0. The minimum absolute atomic E-state index is 0.0127. The predicted octanol–water partition coefficient (Wildman–Crippen LogP) is 3.35. The van der Waals surface area contributed by atoms with E-state index in [9.17, 15) is 9.59 Å². The van der Waals surface area contributed by atoms with Gasteiger partial charge in [-0.25, -0.2) is 9.59 Å². The van der Waals surface area contributed by atoms with Crippen molar-refractivity contribution in [2.75, 3.05) is 13.2 Å². The van der Waals surface area contributed by atoms with E-state index < -0.39 is 11.6 Å². The first-order valence-corrected chi connectivity index (χ1v) is 6.90. The standard InChI is InChI=1S/C14H12Cl2O5/c1-3-19-12(17)6-20-11-5-10-8(4-9(11)15)7(2)13(16)14(18)21-10/h4-5H,3,6H2,1-2H3. The van der Waals surface area contributed by atoms with Crippen molar-refractivity contribution in [3.8, 4) is 5.75 Å². The molecule has 0 atom stereocenters. The van der Waals surface area contributed by atoms with Gasteiger partial charge in [0.2, 0.25) is 0 Å². The molecule has 2 aromatic rings. The molecule has 0 spiro atoms. The van der Waals surface area contributed by atoms with E-state index in [2.05, 4.69) is 0 Å². The van der Waals surface area contributed by atoms with Crippen LogP contribution in [0.3, 0.4) is 0 Å². The number of hydrogen-bond acceptors (Lipinski definition) is 5. The summed E-state index contributed by atoms with van der Waals surface area (Å²) in [7, 11) is 0. The molecule has 1 aromatic carbocycles. The first-order valence-electron chi connectivity index (χ1n) is 6.15. The maximum atomic E-state index is 11.6. The molecule has 5 nitrogen and oxygen atoms in total.